The van der Waals surface area contributed by atoms with Crippen LogP contribution in [0.15, 0.2) is 24.3 Å². The molecule has 0 aromatic heterocycles. The van der Waals surface area contributed by atoms with Crippen molar-refractivity contribution in [3.8, 4) is 0 Å². The predicted molar refractivity (Wildman–Crippen MR) is 88.5 cm³/mol. The highest BCUT2D eigenvalue weighted by molar-refractivity contribution is 6.30. The minimum Gasteiger partial charge on any atom is -0.387 e. The van der Waals surface area contributed by atoms with Crippen molar-refractivity contribution in [2.75, 3.05) is 26.7 Å². The summed E-state index contributed by atoms with van der Waals surface area (Å²) >= 11 is 5.81. The molecule has 0 radical (unpaired) electrons. The molecule has 0 aliphatic carbocycles. The van der Waals surface area contributed by atoms with Crippen molar-refractivity contribution in [3.63, 3.8) is 0 Å². The van der Waals surface area contributed by atoms with Crippen molar-refractivity contribution in [3.05, 3.63) is 34.9 Å². The number of rotatable bonds is 5. The van der Waals surface area contributed by atoms with Gasteiger partial charge in [-0.15, -0.1) is 12.4 Å². The molecule has 1 atom stereocenters. The van der Waals surface area contributed by atoms with Crippen molar-refractivity contribution >= 4 is 29.9 Å². The molecule has 1 aliphatic heterocycles. The second-order valence-corrected chi connectivity index (χ2v) is 5.66. The summed E-state index contributed by atoms with van der Waals surface area (Å²) in [4.78, 5) is 12.3. The smallest absolute Gasteiger partial charge is 0.252 e. The normalized spacial score (nSPS) is 18.1. The summed E-state index contributed by atoms with van der Waals surface area (Å²) < 4.78 is 5.44. The molecule has 1 saturated heterocycles. The second-order valence-electron chi connectivity index (χ2n) is 5.23. The molecule has 2 rings (SSSR count). The lowest BCUT2D eigenvalue weighted by Crippen LogP contribution is -2.54. The van der Waals surface area contributed by atoms with Gasteiger partial charge < -0.3 is 20.5 Å². The topological polar surface area (TPSA) is 70.6 Å². The molecule has 1 amide bonds. The van der Waals surface area contributed by atoms with Crippen LogP contribution < -0.4 is 10.6 Å². The molecule has 1 aromatic carbocycles. The molecule has 22 heavy (non-hydrogen) atoms. The zero-order valence-electron chi connectivity index (χ0n) is 12.5. The Hall–Kier alpha value is -0.850. The molecule has 1 unspecified atom stereocenters. The Bertz CT molecular complexity index is 476. The van der Waals surface area contributed by atoms with Crippen LogP contribution in [0.2, 0.25) is 5.02 Å². The van der Waals surface area contributed by atoms with Crippen LogP contribution in [0.5, 0.6) is 0 Å². The van der Waals surface area contributed by atoms with Gasteiger partial charge in [0.1, 0.15) is 5.60 Å². The molecule has 1 heterocycles. The molecule has 0 spiro atoms. The molecular weight excluding hydrogens is 327 g/mol. The second kappa shape index (κ2) is 8.70. The number of aliphatic hydroxyl groups is 1. The van der Waals surface area contributed by atoms with E-state index in [0.717, 1.165) is 18.7 Å². The monoisotopic (exact) mass is 348 g/mol. The number of benzene rings is 1. The number of amides is 1. The molecule has 1 aromatic rings. The Morgan fingerprint density at radius 2 is 2.00 bits per heavy atom. The quantitative estimate of drug-likeness (QED) is 0.757. The van der Waals surface area contributed by atoms with E-state index in [4.69, 9.17) is 16.3 Å². The Labute approximate surface area is 141 Å². The van der Waals surface area contributed by atoms with E-state index in [1.165, 1.54) is 0 Å². The Kier molecular flexibility index (Phi) is 7.59. The first-order valence-corrected chi connectivity index (χ1v) is 7.43. The summed E-state index contributed by atoms with van der Waals surface area (Å²) in [7, 11) is 1.56. The van der Waals surface area contributed by atoms with Gasteiger partial charge in [-0.1, -0.05) is 23.7 Å². The molecule has 1 fully saturated rings. The van der Waals surface area contributed by atoms with E-state index in [0.29, 0.717) is 17.9 Å². The third-order valence-corrected chi connectivity index (χ3v) is 4.18. The van der Waals surface area contributed by atoms with Crippen molar-refractivity contribution in [1.82, 2.24) is 10.6 Å². The third kappa shape index (κ3) is 4.57. The maximum Gasteiger partial charge on any atom is 0.252 e. The lowest BCUT2D eigenvalue weighted by molar-refractivity contribution is -0.147. The highest BCUT2D eigenvalue weighted by Gasteiger charge is 2.39. The van der Waals surface area contributed by atoms with Gasteiger partial charge in [0.05, 0.1) is 6.10 Å². The van der Waals surface area contributed by atoms with Crippen molar-refractivity contribution in [1.29, 1.82) is 0 Å². The molecule has 0 bridgehead atoms. The van der Waals surface area contributed by atoms with E-state index < -0.39 is 11.7 Å². The molecular formula is C15H22Cl2N2O3. The highest BCUT2D eigenvalue weighted by Crippen LogP contribution is 2.23. The number of aliphatic hydroxyl groups excluding tert-OH is 1. The number of carbonyl (C=O) groups is 1. The number of methoxy groups -OCH3 is 1. The molecule has 5 nitrogen and oxygen atoms in total. The molecule has 124 valence electrons. The van der Waals surface area contributed by atoms with Crippen LogP contribution in [0.4, 0.5) is 0 Å². The van der Waals surface area contributed by atoms with Crippen LogP contribution in [-0.4, -0.2) is 43.4 Å². The van der Waals surface area contributed by atoms with Gasteiger partial charge in [-0.3, -0.25) is 4.79 Å². The zero-order chi connectivity index (χ0) is 15.3. The fourth-order valence-electron chi connectivity index (χ4n) is 2.51. The van der Waals surface area contributed by atoms with E-state index in [2.05, 4.69) is 10.6 Å². The maximum atomic E-state index is 12.3. The van der Waals surface area contributed by atoms with Crippen LogP contribution in [0.1, 0.15) is 24.5 Å². The summed E-state index contributed by atoms with van der Waals surface area (Å²) in [5.41, 5.74) is -0.0678. The average Bonchev–Trinajstić information content (AvgIpc) is 2.53. The van der Waals surface area contributed by atoms with E-state index in [9.17, 15) is 9.90 Å². The lowest BCUT2D eigenvalue weighted by Gasteiger charge is -2.35. The number of carbonyl (C=O) groups excluding carboxylic acids is 1. The predicted octanol–water partition coefficient (Wildman–Crippen LogP) is 1.68. The van der Waals surface area contributed by atoms with Crippen LogP contribution in [0.25, 0.3) is 0 Å². The Balaban J connectivity index is 0.00000242. The molecule has 0 saturated carbocycles. The van der Waals surface area contributed by atoms with Gasteiger partial charge in [-0.2, -0.15) is 0 Å². The number of ether oxygens (including phenoxy) is 1. The summed E-state index contributed by atoms with van der Waals surface area (Å²) in [6, 6.07) is 6.92. The minimum absolute atomic E-state index is 0. The number of nitrogens with one attached hydrogen (secondary N) is 2. The van der Waals surface area contributed by atoms with E-state index in [1.807, 2.05) is 0 Å². The van der Waals surface area contributed by atoms with Crippen molar-refractivity contribution in [2.45, 2.75) is 24.5 Å². The van der Waals surface area contributed by atoms with Gasteiger partial charge in [0.2, 0.25) is 0 Å². The first-order valence-electron chi connectivity index (χ1n) is 7.05. The Morgan fingerprint density at radius 3 is 2.55 bits per heavy atom. The van der Waals surface area contributed by atoms with Crippen molar-refractivity contribution < 1.29 is 14.6 Å². The van der Waals surface area contributed by atoms with Crippen LogP contribution in [0.3, 0.4) is 0 Å². The number of hydrogen-bond acceptors (Lipinski definition) is 4. The lowest BCUT2D eigenvalue weighted by atomic mass is 9.91. The van der Waals surface area contributed by atoms with Crippen molar-refractivity contribution in [2.24, 2.45) is 0 Å². The van der Waals surface area contributed by atoms with Gasteiger partial charge in [-0.25, -0.2) is 0 Å². The van der Waals surface area contributed by atoms with Crippen LogP contribution in [-0.2, 0) is 9.53 Å². The zero-order valence-corrected chi connectivity index (χ0v) is 14.0. The number of piperidine rings is 1. The number of halogens is 2. The first-order chi connectivity index (χ1) is 10.1. The summed E-state index contributed by atoms with van der Waals surface area (Å²) in [6.45, 7) is 1.65. The van der Waals surface area contributed by atoms with Gasteiger partial charge in [-0.05, 0) is 43.6 Å². The average molecular weight is 349 g/mol. The SMILES string of the molecule is COC1(C(=O)NCC(O)c2ccc(Cl)cc2)CCNCC1.Cl. The highest BCUT2D eigenvalue weighted by atomic mass is 35.5. The minimum atomic E-state index is -0.787. The summed E-state index contributed by atoms with van der Waals surface area (Å²) in [6.07, 6.45) is 0.500. The summed E-state index contributed by atoms with van der Waals surface area (Å²) in [5, 5.41) is 16.7. The Morgan fingerprint density at radius 1 is 1.41 bits per heavy atom. The number of hydrogen-bond donors (Lipinski definition) is 3. The largest absolute Gasteiger partial charge is 0.387 e. The van der Waals surface area contributed by atoms with Crippen LogP contribution >= 0.6 is 24.0 Å². The van der Waals surface area contributed by atoms with Gasteiger partial charge in [0.25, 0.3) is 5.91 Å². The van der Waals surface area contributed by atoms with E-state index in [1.54, 1.807) is 31.4 Å². The molecule has 7 heteroatoms. The fraction of sp³-hybridized carbons (Fsp3) is 0.533. The maximum absolute atomic E-state index is 12.3. The first kappa shape index (κ1) is 19.2. The van der Waals surface area contributed by atoms with Gasteiger partial charge >= 0.3 is 0 Å². The van der Waals surface area contributed by atoms with E-state index >= 15 is 0 Å². The third-order valence-electron chi connectivity index (χ3n) is 3.93. The standard InChI is InChI=1S/C15H21ClN2O3.ClH/c1-21-15(6-8-17-9-7-15)14(20)18-10-13(19)11-2-4-12(16)5-3-11;/h2-5,13,17,19H,6-10H2,1H3,(H,18,20);1H. The van der Waals surface area contributed by atoms with Crippen LogP contribution in [0, 0.1) is 0 Å². The molecule has 1 aliphatic rings. The fourth-order valence-corrected chi connectivity index (χ4v) is 2.63. The van der Waals surface area contributed by atoms with Gasteiger partial charge in [0, 0.05) is 18.7 Å². The molecule has 3 N–H and O–H groups in total. The summed E-state index contributed by atoms with van der Waals surface area (Å²) in [5.74, 6) is -0.167. The van der Waals surface area contributed by atoms with Gasteiger partial charge in [0.15, 0.2) is 0 Å². The van der Waals surface area contributed by atoms with E-state index in [-0.39, 0.29) is 24.9 Å².